The van der Waals surface area contributed by atoms with Crippen molar-refractivity contribution in [3.63, 3.8) is 0 Å². The van der Waals surface area contributed by atoms with Crippen molar-refractivity contribution in [2.75, 3.05) is 10.0 Å². The summed E-state index contributed by atoms with van der Waals surface area (Å²) in [4.78, 5) is 8.93. The van der Waals surface area contributed by atoms with E-state index in [1.54, 1.807) is 24.8 Å². The number of para-hydroxylation sites is 1. The molecule has 0 bridgehead atoms. The van der Waals surface area contributed by atoms with Crippen molar-refractivity contribution >= 4 is 17.8 Å². The van der Waals surface area contributed by atoms with Crippen molar-refractivity contribution < 1.29 is 4.39 Å². The molecule has 1 aromatic heterocycles. The molecule has 2 aliphatic rings. The Balaban J connectivity index is 1.68. The van der Waals surface area contributed by atoms with Gasteiger partial charge in [-0.25, -0.2) is 24.4 Å². The second kappa shape index (κ2) is 4.42. The molecule has 0 saturated heterocycles. The van der Waals surface area contributed by atoms with E-state index < -0.39 is 0 Å². The van der Waals surface area contributed by atoms with Crippen LogP contribution < -0.4 is 10.0 Å². The molecule has 0 N–H and O–H groups in total. The maximum absolute atomic E-state index is 13.2. The van der Waals surface area contributed by atoms with Crippen molar-refractivity contribution in [1.82, 2.24) is 9.55 Å². The van der Waals surface area contributed by atoms with E-state index in [0.29, 0.717) is 0 Å². The average molecular weight is 305 g/mol. The number of benzene rings is 2. The third-order valence-electron chi connectivity index (χ3n) is 4.20. The molecular weight excluding hydrogens is 293 g/mol. The second-order valence-corrected chi connectivity index (χ2v) is 5.48. The summed E-state index contributed by atoms with van der Waals surface area (Å²) in [6, 6.07) is 14.5. The van der Waals surface area contributed by atoms with Crippen molar-refractivity contribution in [3.8, 4) is 5.69 Å². The molecule has 5 nitrogen and oxygen atoms in total. The van der Waals surface area contributed by atoms with E-state index in [1.165, 1.54) is 12.1 Å². The van der Waals surface area contributed by atoms with Gasteiger partial charge in [-0.3, -0.25) is 4.57 Å². The highest BCUT2D eigenvalue weighted by molar-refractivity contribution is 5.87. The molecular formula is C17H12FN5. The Morgan fingerprint density at radius 1 is 1.00 bits per heavy atom. The van der Waals surface area contributed by atoms with Crippen molar-refractivity contribution in [2.45, 2.75) is 6.17 Å². The Kier molecular flexibility index (Phi) is 2.38. The molecule has 0 fully saturated rings. The summed E-state index contributed by atoms with van der Waals surface area (Å²) in [5.74, 6) is 0.672. The molecule has 112 valence electrons. The number of rotatable bonds is 1. The highest BCUT2D eigenvalue weighted by Gasteiger charge is 2.37. The van der Waals surface area contributed by atoms with Crippen LogP contribution in [0.5, 0.6) is 0 Å². The Morgan fingerprint density at radius 3 is 2.70 bits per heavy atom. The SMILES string of the molecule is Fc1ccc(N2C=NC3c4ccccc4-n4cncc4N32)cc1. The van der Waals surface area contributed by atoms with Gasteiger partial charge in [0.05, 0.1) is 17.6 Å². The zero-order chi connectivity index (χ0) is 15.4. The summed E-state index contributed by atoms with van der Waals surface area (Å²) >= 11 is 0. The number of aliphatic imine (C=N–C) groups is 1. The fourth-order valence-electron chi connectivity index (χ4n) is 3.16. The van der Waals surface area contributed by atoms with Crippen LogP contribution in [0.15, 0.2) is 66.0 Å². The first kappa shape index (κ1) is 12.4. The van der Waals surface area contributed by atoms with Crippen molar-refractivity contribution in [1.29, 1.82) is 0 Å². The van der Waals surface area contributed by atoms with Gasteiger partial charge in [0.15, 0.2) is 12.0 Å². The molecule has 2 aliphatic heterocycles. The average Bonchev–Trinajstić information content (AvgIpc) is 3.22. The zero-order valence-electron chi connectivity index (χ0n) is 12.0. The fourth-order valence-corrected chi connectivity index (χ4v) is 3.16. The summed E-state index contributed by atoms with van der Waals surface area (Å²) in [5.41, 5.74) is 3.04. The molecule has 2 aromatic carbocycles. The number of hydrazine groups is 1. The van der Waals surface area contributed by atoms with Crippen molar-refractivity contribution in [3.05, 3.63) is 72.4 Å². The van der Waals surface area contributed by atoms with Crippen molar-refractivity contribution in [2.24, 2.45) is 4.99 Å². The predicted octanol–water partition coefficient (Wildman–Crippen LogP) is 3.29. The number of fused-ring (bicyclic) bond motifs is 6. The maximum Gasteiger partial charge on any atom is 0.171 e. The number of aromatic nitrogens is 2. The van der Waals surface area contributed by atoms with E-state index in [1.807, 2.05) is 27.9 Å². The van der Waals surface area contributed by atoms with Gasteiger partial charge in [0.2, 0.25) is 0 Å². The lowest BCUT2D eigenvalue weighted by atomic mass is 10.1. The summed E-state index contributed by atoms with van der Waals surface area (Å²) < 4.78 is 15.3. The van der Waals surface area contributed by atoms with Crippen LogP contribution >= 0.6 is 0 Å². The molecule has 0 spiro atoms. The number of hydrogen-bond donors (Lipinski definition) is 0. The van der Waals surface area contributed by atoms with Gasteiger partial charge in [0.1, 0.15) is 18.5 Å². The molecule has 3 heterocycles. The van der Waals surface area contributed by atoms with E-state index in [4.69, 9.17) is 0 Å². The smallest absolute Gasteiger partial charge is 0.171 e. The zero-order valence-corrected chi connectivity index (χ0v) is 12.0. The molecule has 5 rings (SSSR count). The number of anilines is 2. The van der Waals surface area contributed by atoms with Gasteiger partial charge >= 0.3 is 0 Å². The lowest BCUT2D eigenvalue weighted by Gasteiger charge is -2.37. The second-order valence-electron chi connectivity index (χ2n) is 5.48. The first-order chi connectivity index (χ1) is 11.3. The van der Waals surface area contributed by atoms with Crippen LogP contribution in [-0.4, -0.2) is 15.9 Å². The number of halogens is 1. The quantitative estimate of drug-likeness (QED) is 0.692. The third kappa shape index (κ3) is 1.66. The molecule has 0 amide bonds. The first-order valence-corrected chi connectivity index (χ1v) is 7.32. The predicted molar refractivity (Wildman–Crippen MR) is 86.2 cm³/mol. The number of imidazole rings is 1. The topological polar surface area (TPSA) is 36.7 Å². The Bertz CT molecular complexity index is 915. The molecule has 0 aliphatic carbocycles. The lowest BCUT2D eigenvalue weighted by Crippen LogP contribution is -2.42. The van der Waals surface area contributed by atoms with Crippen LogP contribution in [0, 0.1) is 5.82 Å². The third-order valence-corrected chi connectivity index (χ3v) is 4.20. The van der Waals surface area contributed by atoms with Gasteiger partial charge in [-0.2, -0.15) is 0 Å². The summed E-state index contributed by atoms with van der Waals surface area (Å²) in [6.07, 6.45) is 5.25. The van der Waals surface area contributed by atoms with E-state index in [-0.39, 0.29) is 12.0 Å². The van der Waals surface area contributed by atoms with E-state index in [9.17, 15) is 4.39 Å². The highest BCUT2D eigenvalue weighted by atomic mass is 19.1. The van der Waals surface area contributed by atoms with E-state index in [2.05, 4.69) is 27.1 Å². The Morgan fingerprint density at radius 2 is 1.83 bits per heavy atom. The van der Waals surface area contributed by atoms with Gasteiger partial charge in [-0.05, 0) is 30.3 Å². The molecule has 3 aromatic rings. The summed E-state index contributed by atoms with van der Waals surface area (Å²) in [5, 5.41) is 3.98. The van der Waals surface area contributed by atoms with Crippen LogP contribution in [0.25, 0.3) is 5.69 Å². The number of hydrogen-bond acceptors (Lipinski definition) is 4. The molecule has 0 saturated carbocycles. The van der Waals surface area contributed by atoms with Gasteiger partial charge < -0.3 is 0 Å². The van der Waals surface area contributed by atoms with Gasteiger partial charge in [-0.15, -0.1) is 0 Å². The molecule has 0 radical (unpaired) electrons. The molecule has 6 heteroatoms. The van der Waals surface area contributed by atoms with Gasteiger partial charge in [0.25, 0.3) is 0 Å². The van der Waals surface area contributed by atoms with E-state index >= 15 is 0 Å². The summed E-state index contributed by atoms with van der Waals surface area (Å²) in [7, 11) is 0. The Hall–Kier alpha value is -3.15. The normalized spacial score (nSPS) is 17.9. The monoisotopic (exact) mass is 305 g/mol. The van der Waals surface area contributed by atoms with Gasteiger partial charge in [0, 0.05) is 5.56 Å². The lowest BCUT2D eigenvalue weighted by molar-refractivity contribution is 0.627. The number of nitrogens with zero attached hydrogens (tertiary/aromatic N) is 5. The first-order valence-electron chi connectivity index (χ1n) is 7.32. The fraction of sp³-hybridized carbons (Fsp3) is 0.0588. The minimum absolute atomic E-state index is 0.138. The Labute approximate surface area is 131 Å². The van der Waals surface area contributed by atoms with Crippen LogP contribution in [0.1, 0.15) is 11.7 Å². The summed E-state index contributed by atoms with van der Waals surface area (Å²) in [6.45, 7) is 0. The van der Waals surface area contributed by atoms with Crippen LogP contribution in [-0.2, 0) is 0 Å². The molecule has 1 unspecified atom stereocenters. The highest BCUT2D eigenvalue weighted by Crippen LogP contribution is 2.42. The van der Waals surface area contributed by atoms with Crippen LogP contribution in [0.4, 0.5) is 15.9 Å². The van der Waals surface area contributed by atoms with E-state index in [0.717, 1.165) is 22.8 Å². The van der Waals surface area contributed by atoms with Crippen LogP contribution in [0.3, 0.4) is 0 Å². The molecule has 23 heavy (non-hydrogen) atoms. The standard InChI is InChI=1S/C17H12FN5/c18-12-5-7-13(8-6-12)22-11-20-17-14-3-1-2-4-15(14)21-10-19-9-16(21)23(17)22/h1-11,17H. The van der Waals surface area contributed by atoms with Crippen LogP contribution in [0.2, 0.25) is 0 Å². The largest absolute Gasteiger partial charge is 0.284 e. The maximum atomic E-state index is 13.2. The minimum Gasteiger partial charge on any atom is -0.284 e. The minimum atomic E-state index is -0.254. The van der Waals surface area contributed by atoms with Gasteiger partial charge in [-0.1, -0.05) is 18.2 Å². The molecule has 1 atom stereocenters.